The molecule has 7 nitrogen and oxygen atoms in total. The molecule has 0 spiro atoms. The fourth-order valence-electron chi connectivity index (χ4n) is 2.34. The lowest BCUT2D eigenvalue weighted by Gasteiger charge is -2.31. The van der Waals surface area contributed by atoms with Crippen LogP contribution in [0, 0.1) is 11.3 Å². The summed E-state index contributed by atoms with van der Waals surface area (Å²) in [5, 5.41) is 15.1. The number of anilines is 1. The van der Waals surface area contributed by atoms with Crippen molar-refractivity contribution in [2.24, 2.45) is 8.73 Å². The molecule has 1 atom stereocenters. The van der Waals surface area contributed by atoms with E-state index in [0.29, 0.717) is 24.5 Å². The van der Waals surface area contributed by atoms with Crippen LogP contribution in [-0.4, -0.2) is 43.0 Å². The molecule has 0 saturated carbocycles. The number of piperazine rings is 1. The van der Waals surface area contributed by atoms with Gasteiger partial charge in [-0.25, -0.2) is 0 Å². The molecular formula is C13H14N6OS. The molecule has 1 unspecified atom stereocenters. The zero-order valence-electron chi connectivity index (χ0n) is 11.2. The van der Waals surface area contributed by atoms with Crippen molar-refractivity contribution >= 4 is 34.3 Å². The van der Waals surface area contributed by atoms with Crippen LogP contribution in [0.4, 0.5) is 17.1 Å². The van der Waals surface area contributed by atoms with E-state index in [4.69, 9.17) is 5.26 Å². The first-order chi connectivity index (χ1) is 10.3. The van der Waals surface area contributed by atoms with Gasteiger partial charge < -0.3 is 10.6 Å². The molecule has 21 heavy (non-hydrogen) atoms. The number of amides is 1. The van der Waals surface area contributed by atoms with Crippen LogP contribution in [-0.2, 0) is 16.1 Å². The molecule has 2 N–H and O–H groups in total. The van der Waals surface area contributed by atoms with Gasteiger partial charge in [-0.05, 0) is 12.1 Å². The molecule has 0 radical (unpaired) electrons. The number of carbonyl (C=O) groups is 1. The first-order valence-electron chi connectivity index (χ1n) is 6.63. The second-order valence-corrected chi connectivity index (χ2v) is 5.33. The molecule has 108 valence electrons. The van der Waals surface area contributed by atoms with Crippen molar-refractivity contribution < 1.29 is 4.79 Å². The van der Waals surface area contributed by atoms with Gasteiger partial charge in [-0.3, -0.25) is 9.69 Å². The number of benzene rings is 1. The predicted octanol–water partition coefficient (Wildman–Crippen LogP) is 1.15. The van der Waals surface area contributed by atoms with Crippen LogP contribution >= 0.6 is 0 Å². The summed E-state index contributed by atoms with van der Waals surface area (Å²) in [5.41, 5.74) is 2.14. The molecule has 2 aliphatic heterocycles. The van der Waals surface area contributed by atoms with E-state index in [1.807, 2.05) is 17.0 Å². The SMILES string of the molecule is N#CC1CNCCN1CC(=O)Nc1cccc2c1N=S=N2. The van der Waals surface area contributed by atoms with Crippen LogP contribution in [0.25, 0.3) is 0 Å². The maximum Gasteiger partial charge on any atom is 0.238 e. The van der Waals surface area contributed by atoms with E-state index in [2.05, 4.69) is 25.4 Å². The predicted molar refractivity (Wildman–Crippen MR) is 80.5 cm³/mol. The Balaban J connectivity index is 1.66. The zero-order valence-corrected chi connectivity index (χ0v) is 12.1. The highest BCUT2D eigenvalue weighted by Crippen LogP contribution is 2.38. The Kier molecular flexibility index (Phi) is 4.06. The van der Waals surface area contributed by atoms with E-state index >= 15 is 0 Å². The third-order valence-corrected chi connectivity index (χ3v) is 3.95. The van der Waals surface area contributed by atoms with E-state index in [1.165, 1.54) is 0 Å². The highest BCUT2D eigenvalue weighted by atomic mass is 32.1. The Bertz CT molecular complexity index is 676. The van der Waals surface area contributed by atoms with Gasteiger partial charge in [0.1, 0.15) is 17.4 Å². The summed E-state index contributed by atoms with van der Waals surface area (Å²) in [6, 6.07) is 7.45. The van der Waals surface area contributed by atoms with Gasteiger partial charge in [-0.1, -0.05) is 6.07 Å². The Labute approximate surface area is 125 Å². The lowest BCUT2D eigenvalue weighted by atomic mass is 10.2. The molecule has 0 bridgehead atoms. The Morgan fingerprint density at radius 3 is 3.33 bits per heavy atom. The normalized spacial score (nSPS) is 20.4. The standard InChI is InChI=1S/C13H14N6OS/c14-6-9-7-15-4-5-19(9)8-12(20)16-10-2-1-3-11-13(10)18-21-17-11/h1-3,9,15H,4-5,7-8H2,(H,16,20). The minimum absolute atomic E-state index is 0.141. The largest absolute Gasteiger partial charge is 0.323 e. The van der Waals surface area contributed by atoms with Crippen molar-refractivity contribution in [1.82, 2.24) is 10.2 Å². The van der Waals surface area contributed by atoms with Crippen molar-refractivity contribution in [3.05, 3.63) is 18.2 Å². The quantitative estimate of drug-likeness (QED) is 0.889. The number of nitriles is 1. The summed E-state index contributed by atoms with van der Waals surface area (Å²) in [4.78, 5) is 14.1. The summed E-state index contributed by atoms with van der Waals surface area (Å²) < 4.78 is 8.33. The van der Waals surface area contributed by atoms with Gasteiger partial charge in [0.15, 0.2) is 0 Å². The van der Waals surface area contributed by atoms with Crippen LogP contribution in [0.5, 0.6) is 0 Å². The van der Waals surface area contributed by atoms with E-state index in [-0.39, 0.29) is 18.5 Å². The van der Waals surface area contributed by atoms with Gasteiger partial charge in [-0.2, -0.15) is 14.0 Å². The van der Waals surface area contributed by atoms with Crippen molar-refractivity contribution in [3.63, 3.8) is 0 Å². The average Bonchev–Trinajstić information content (AvgIpc) is 2.97. The molecule has 0 aliphatic carbocycles. The highest BCUT2D eigenvalue weighted by molar-refractivity contribution is 7.58. The Morgan fingerprint density at radius 1 is 1.57 bits per heavy atom. The lowest BCUT2D eigenvalue weighted by molar-refractivity contribution is -0.117. The van der Waals surface area contributed by atoms with Crippen molar-refractivity contribution in [1.29, 1.82) is 5.26 Å². The van der Waals surface area contributed by atoms with E-state index in [9.17, 15) is 4.79 Å². The maximum absolute atomic E-state index is 12.2. The molecule has 2 aliphatic rings. The average molecular weight is 302 g/mol. The summed E-state index contributed by atoms with van der Waals surface area (Å²) in [6.07, 6.45) is 0. The number of nitrogens with zero attached hydrogens (tertiary/aromatic N) is 4. The molecule has 2 heterocycles. The van der Waals surface area contributed by atoms with Crippen LogP contribution in [0.15, 0.2) is 26.9 Å². The summed E-state index contributed by atoms with van der Waals surface area (Å²) in [5.74, 6) is -0.141. The monoisotopic (exact) mass is 302 g/mol. The Hall–Kier alpha value is -2.08. The fourth-order valence-corrected chi connectivity index (χ4v) is 2.89. The van der Waals surface area contributed by atoms with Crippen LogP contribution < -0.4 is 10.6 Å². The molecule has 3 rings (SSSR count). The minimum Gasteiger partial charge on any atom is -0.323 e. The fraction of sp³-hybridized carbons (Fsp3) is 0.385. The summed E-state index contributed by atoms with van der Waals surface area (Å²) in [7, 11) is 0. The first-order valence-corrected chi connectivity index (χ1v) is 7.36. The third-order valence-electron chi connectivity index (χ3n) is 3.41. The van der Waals surface area contributed by atoms with Gasteiger partial charge in [-0.15, -0.1) is 0 Å². The second-order valence-electron chi connectivity index (χ2n) is 4.81. The van der Waals surface area contributed by atoms with Gasteiger partial charge >= 0.3 is 0 Å². The number of hydrogen-bond acceptors (Lipinski definition) is 6. The molecular weight excluding hydrogens is 288 g/mol. The number of rotatable bonds is 3. The van der Waals surface area contributed by atoms with Gasteiger partial charge in [0.2, 0.25) is 5.91 Å². The third kappa shape index (κ3) is 3.00. The molecule has 1 aromatic carbocycles. The number of fused-ring (bicyclic) bond motifs is 1. The number of nitrogens with one attached hydrogen (secondary N) is 2. The smallest absolute Gasteiger partial charge is 0.238 e. The minimum atomic E-state index is -0.263. The second kappa shape index (κ2) is 6.13. The molecule has 0 aromatic heterocycles. The molecule has 1 aromatic rings. The van der Waals surface area contributed by atoms with Crippen LogP contribution in [0.3, 0.4) is 0 Å². The molecule has 1 fully saturated rings. The first kappa shape index (κ1) is 13.9. The zero-order chi connectivity index (χ0) is 14.7. The molecule has 8 heteroatoms. The molecule has 1 saturated heterocycles. The van der Waals surface area contributed by atoms with E-state index in [1.54, 1.807) is 6.07 Å². The lowest BCUT2D eigenvalue weighted by Crippen LogP contribution is -2.52. The van der Waals surface area contributed by atoms with Crippen molar-refractivity contribution in [2.45, 2.75) is 6.04 Å². The van der Waals surface area contributed by atoms with Gasteiger partial charge in [0.25, 0.3) is 0 Å². The number of hydrogen-bond donors (Lipinski definition) is 2. The van der Waals surface area contributed by atoms with Crippen LogP contribution in [0.1, 0.15) is 0 Å². The summed E-state index contributed by atoms with van der Waals surface area (Å²) >= 11 is 1.12. The maximum atomic E-state index is 12.2. The van der Waals surface area contributed by atoms with E-state index in [0.717, 1.165) is 23.6 Å². The van der Waals surface area contributed by atoms with Crippen molar-refractivity contribution in [2.75, 3.05) is 31.5 Å². The molecule has 1 amide bonds. The highest BCUT2D eigenvalue weighted by Gasteiger charge is 2.24. The van der Waals surface area contributed by atoms with Crippen LogP contribution in [0.2, 0.25) is 0 Å². The summed E-state index contributed by atoms with van der Waals surface area (Å²) in [6.45, 7) is 2.27. The number of carbonyl (C=O) groups excluding carboxylic acids is 1. The van der Waals surface area contributed by atoms with Gasteiger partial charge in [0, 0.05) is 19.6 Å². The topological polar surface area (TPSA) is 92.9 Å². The van der Waals surface area contributed by atoms with E-state index < -0.39 is 0 Å². The van der Waals surface area contributed by atoms with Crippen molar-refractivity contribution in [3.8, 4) is 6.07 Å². The van der Waals surface area contributed by atoms with Gasteiger partial charge in [0.05, 0.1) is 29.7 Å². The Morgan fingerprint density at radius 2 is 2.48 bits per heavy atom.